The van der Waals surface area contributed by atoms with E-state index in [2.05, 4.69) is 198 Å². The largest absolute Gasteiger partial charge is 0.409 e. The average molecular weight is 751 g/mol. The Morgan fingerprint density at radius 1 is 0.552 bits per heavy atom. The van der Waals surface area contributed by atoms with E-state index in [9.17, 15) is 0 Å². The third-order valence-electron chi connectivity index (χ3n) is 12.0. The average Bonchev–Trinajstić information content (AvgIpc) is 3.29. The number of nitrogens with zero attached hydrogens (tertiary/aromatic N) is 4. The Hall–Kier alpha value is -6.86. The molecule has 1 fully saturated rings. The lowest BCUT2D eigenvalue weighted by molar-refractivity contribution is -0.713. The van der Waals surface area contributed by atoms with Crippen molar-refractivity contribution in [2.24, 2.45) is 9.98 Å². The van der Waals surface area contributed by atoms with Gasteiger partial charge >= 0.3 is 0 Å². The molecule has 0 aromatic heterocycles. The first-order valence-corrected chi connectivity index (χ1v) is 20.3. The van der Waals surface area contributed by atoms with Crippen LogP contribution in [0.2, 0.25) is 0 Å². The van der Waals surface area contributed by atoms with Crippen LogP contribution < -0.4 is 10.6 Å². The fourth-order valence-electron chi connectivity index (χ4n) is 8.81. The monoisotopic (exact) mass is 750 g/mol. The number of benzene rings is 7. The highest BCUT2D eigenvalue weighted by Crippen LogP contribution is 2.41. The molecule has 1 saturated heterocycles. The Labute approximate surface area is 339 Å². The van der Waals surface area contributed by atoms with Crippen LogP contribution in [-0.2, 0) is 6.42 Å². The molecule has 6 nitrogen and oxygen atoms in total. The number of amidine groups is 1. The van der Waals surface area contributed by atoms with E-state index >= 15 is 0 Å². The van der Waals surface area contributed by atoms with E-state index in [0.717, 1.165) is 41.1 Å². The zero-order chi connectivity index (χ0) is 38.4. The van der Waals surface area contributed by atoms with E-state index < -0.39 is 0 Å². The fourth-order valence-corrected chi connectivity index (χ4v) is 8.81. The molecule has 0 amide bonds. The van der Waals surface area contributed by atoms with Crippen molar-refractivity contribution >= 4 is 34.1 Å². The number of aliphatic imine (C=N–C) groups is 2. The van der Waals surface area contributed by atoms with E-state index in [1.807, 2.05) is 6.07 Å². The van der Waals surface area contributed by atoms with Crippen molar-refractivity contribution < 1.29 is 5.32 Å². The highest BCUT2D eigenvalue weighted by molar-refractivity contribution is 6.13. The minimum atomic E-state index is -0.121. The number of allylic oxidation sites excluding steroid dienone is 1. The van der Waals surface area contributed by atoms with Gasteiger partial charge in [0.2, 0.25) is 0 Å². The third-order valence-corrected chi connectivity index (χ3v) is 12.0. The van der Waals surface area contributed by atoms with Gasteiger partial charge in [0, 0.05) is 5.56 Å². The number of nitrogens with two attached hydrogens (primary N) is 1. The SMILES string of the molecule is C1=C(C2[N-]C(c3ccc(-c4ccc(C5NC6N=C(c7ccccc7)C=C(c7ccccc7)N65)cc4)cc3)=NC(c3ccc4ccccc4c3)[NH2+]2)CCc2ccccc21. The Morgan fingerprint density at radius 2 is 1.21 bits per heavy atom. The summed E-state index contributed by atoms with van der Waals surface area (Å²) in [5, 5.41) is 13.8. The van der Waals surface area contributed by atoms with E-state index in [1.54, 1.807) is 0 Å². The summed E-state index contributed by atoms with van der Waals surface area (Å²) in [6.07, 6.45) is 6.37. The number of aryl methyl sites for hydroxylation is 1. The van der Waals surface area contributed by atoms with Crippen molar-refractivity contribution in [3.63, 3.8) is 0 Å². The zero-order valence-corrected chi connectivity index (χ0v) is 32.0. The summed E-state index contributed by atoms with van der Waals surface area (Å²) < 4.78 is 0. The molecule has 7 aromatic rings. The van der Waals surface area contributed by atoms with Gasteiger partial charge in [-0.25, -0.2) is 4.99 Å². The van der Waals surface area contributed by atoms with Gasteiger partial charge < -0.3 is 20.5 Å². The quantitative estimate of drug-likeness (QED) is 0.170. The minimum absolute atomic E-state index is 0.0212. The first kappa shape index (κ1) is 34.4. The molecule has 0 spiro atoms. The van der Waals surface area contributed by atoms with Crippen LogP contribution in [0.5, 0.6) is 0 Å². The number of quaternary nitrogens is 1. The molecule has 3 N–H and O–H groups in total. The van der Waals surface area contributed by atoms with Crippen LogP contribution in [0, 0.1) is 0 Å². The molecule has 58 heavy (non-hydrogen) atoms. The van der Waals surface area contributed by atoms with Gasteiger partial charge in [0.15, 0.2) is 6.29 Å². The predicted molar refractivity (Wildman–Crippen MR) is 236 cm³/mol. The number of fused-ring (bicyclic) bond motifs is 3. The molecule has 3 heterocycles. The van der Waals surface area contributed by atoms with Gasteiger partial charge in [-0.05, 0) is 97.7 Å². The maximum absolute atomic E-state index is 5.32. The molecule has 1 aliphatic carbocycles. The second kappa shape index (κ2) is 14.6. The van der Waals surface area contributed by atoms with Crippen LogP contribution in [0.4, 0.5) is 0 Å². The topological polar surface area (TPSA) is 70.7 Å². The molecule has 11 rings (SSSR count). The highest BCUT2D eigenvalue weighted by atomic mass is 15.5. The molecule has 4 unspecified atom stereocenters. The minimum Gasteiger partial charge on any atom is -0.409 e. The van der Waals surface area contributed by atoms with Gasteiger partial charge in [0.25, 0.3) is 0 Å². The lowest BCUT2D eigenvalue weighted by atomic mass is 9.90. The first-order chi connectivity index (χ1) is 28.7. The smallest absolute Gasteiger partial charge is 0.180 e. The number of hydrogen-bond donors (Lipinski definition) is 2. The Balaban J connectivity index is 0.858. The summed E-state index contributed by atoms with van der Waals surface area (Å²) >= 11 is 0. The van der Waals surface area contributed by atoms with E-state index in [4.69, 9.17) is 15.3 Å². The predicted octanol–water partition coefficient (Wildman–Crippen LogP) is 9.99. The van der Waals surface area contributed by atoms with Crippen LogP contribution >= 0.6 is 0 Å². The molecule has 0 saturated carbocycles. The van der Waals surface area contributed by atoms with Gasteiger partial charge in [-0.1, -0.05) is 170 Å². The molecular weight excluding hydrogens is 709 g/mol. The van der Waals surface area contributed by atoms with Gasteiger partial charge in [-0.3, -0.25) is 5.32 Å². The summed E-state index contributed by atoms with van der Waals surface area (Å²) in [5.41, 5.74) is 14.3. The summed E-state index contributed by atoms with van der Waals surface area (Å²) in [4.78, 5) is 12.8. The summed E-state index contributed by atoms with van der Waals surface area (Å²) in [6, 6.07) is 62.8. The van der Waals surface area contributed by atoms with Crippen LogP contribution in [0.3, 0.4) is 0 Å². The van der Waals surface area contributed by atoms with Crippen LogP contribution in [0.15, 0.2) is 198 Å². The van der Waals surface area contributed by atoms with Crippen molar-refractivity contribution in [2.75, 3.05) is 0 Å². The highest BCUT2D eigenvalue weighted by Gasteiger charge is 2.42. The summed E-state index contributed by atoms with van der Waals surface area (Å²) in [5.74, 6) is 0.805. The molecule has 6 heteroatoms. The molecule has 7 aromatic carbocycles. The van der Waals surface area contributed by atoms with Crippen molar-refractivity contribution in [2.45, 2.75) is 37.6 Å². The molecule has 3 aliphatic heterocycles. The number of hydrogen-bond acceptors (Lipinski definition) is 4. The van der Waals surface area contributed by atoms with Crippen molar-refractivity contribution in [1.82, 2.24) is 10.2 Å². The maximum atomic E-state index is 5.32. The molecule has 280 valence electrons. The zero-order valence-electron chi connectivity index (χ0n) is 32.0. The molecule has 0 radical (unpaired) electrons. The van der Waals surface area contributed by atoms with E-state index in [-0.39, 0.29) is 24.8 Å². The maximum Gasteiger partial charge on any atom is 0.180 e. The van der Waals surface area contributed by atoms with Crippen LogP contribution in [0.1, 0.15) is 57.7 Å². The number of nitrogens with one attached hydrogen (secondary N) is 1. The molecule has 0 bridgehead atoms. The first-order valence-electron chi connectivity index (χ1n) is 20.3. The van der Waals surface area contributed by atoms with Gasteiger partial charge in [0.1, 0.15) is 18.5 Å². The Morgan fingerprint density at radius 3 is 2.00 bits per heavy atom. The second-order valence-corrected chi connectivity index (χ2v) is 15.5. The molecule has 4 atom stereocenters. The third kappa shape index (κ3) is 6.42. The second-order valence-electron chi connectivity index (χ2n) is 15.5. The van der Waals surface area contributed by atoms with Gasteiger partial charge in [0.05, 0.1) is 11.4 Å². The van der Waals surface area contributed by atoms with E-state index in [1.165, 1.54) is 55.4 Å². The van der Waals surface area contributed by atoms with Crippen molar-refractivity contribution in [3.05, 3.63) is 232 Å². The molecular formula is C52H42N6. The Kier molecular flexibility index (Phi) is 8.64. The fraction of sp³-hybridized carbons (Fsp3) is 0.115. The van der Waals surface area contributed by atoms with Gasteiger partial charge in [-0.2, -0.15) is 0 Å². The standard InChI is InChI=1S/C52H41N6/c1-3-13-38(14-4-1)46-33-47(39-15-5-2-6-16-39)58-51(57-52(58)53-46)41-27-21-37(22-28-41)36-19-25-40(26-20-36)48-54-49(44-29-23-34-11-7-9-17-42(34)31-44)56-50(55-48)45-30-24-35-12-8-10-18-43(35)32-45/h1-23,25-29,31-33,49-52,56-57H,24,30H2/q-1/p+1. The number of rotatable bonds is 7. The molecule has 4 aliphatic rings. The van der Waals surface area contributed by atoms with Crippen LogP contribution in [0.25, 0.3) is 39.0 Å². The lowest BCUT2D eigenvalue weighted by Crippen LogP contribution is -2.92. The van der Waals surface area contributed by atoms with Crippen LogP contribution in [-0.4, -0.2) is 28.9 Å². The summed E-state index contributed by atoms with van der Waals surface area (Å²) in [6.45, 7) is 0. The van der Waals surface area contributed by atoms with E-state index in [0.29, 0.717) is 0 Å². The Bertz CT molecular complexity index is 2770. The van der Waals surface area contributed by atoms with Gasteiger partial charge in [-0.15, -0.1) is 0 Å². The lowest BCUT2D eigenvalue weighted by Gasteiger charge is -2.52. The van der Waals surface area contributed by atoms with Crippen molar-refractivity contribution in [3.8, 4) is 11.1 Å². The summed E-state index contributed by atoms with van der Waals surface area (Å²) in [7, 11) is 0. The van der Waals surface area contributed by atoms with Crippen molar-refractivity contribution in [1.29, 1.82) is 0 Å². The normalized spacial score (nSPS) is 21.0.